The van der Waals surface area contributed by atoms with Crippen LogP contribution in [0.25, 0.3) is 32.3 Å². The summed E-state index contributed by atoms with van der Waals surface area (Å²) in [6.45, 7) is 0. The van der Waals surface area contributed by atoms with E-state index < -0.39 is 16.4 Å². The van der Waals surface area contributed by atoms with Gasteiger partial charge in [-0.2, -0.15) is 0 Å². The average Bonchev–Trinajstić information content (AvgIpc) is 2.67. The lowest BCUT2D eigenvalue weighted by Gasteiger charge is -2.15. The Morgan fingerprint density at radius 3 is 1.81 bits per heavy atom. The van der Waals surface area contributed by atoms with Crippen LogP contribution in [0.4, 0.5) is 13.2 Å². The monoisotopic (exact) mass is 379 g/mol. The highest BCUT2D eigenvalue weighted by atomic mass is 32.2. The maximum absolute atomic E-state index is 14.1. The maximum Gasteiger partial charge on any atom is 0.586 e. The van der Waals surface area contributed by atoms with Crippen LogP contribution in [0.5, 0.6) is 0 Å². The Bertz CT molecular complexity index is 1240. The van der Waals surface area contributed by atoms with Crippen molar-refractivity contribution in [3.05, 3.63) is 84.9 Å². The smallest absolute Gasteiger partial charge is 0.122 e. The van der Waals surface area contributed by atoms with Crippen molar-refractivity contribution in [2.24, 2.45) is 0 Å². The van der Waals surface area contributed by atoms with Crippen LogP contribution in [0, 0.1) is 0 Å². The summed E-state index contributed by atoms with van der Waals surface area (Å²) < 4.78 is 42.4. The SMILES string of the molecule is FC(F)(F)[S+](c1ccccc1)c1ccc2ccc3cccc4ccc1c2c34. The molecule has 0 aromatic heterocycles. The normalized spacial score (nSPS) is 13.6. The van der Waals surface area contributed by atoms with E-state index in [2.05, 4.69) is 0 Å². The molecule has 0 aliphatic rings. The molecule has 0 aliphatic carbocycles. The first-order chi connectivity index (χ1) is 13.0. The largest absolute Gasteiger partial charge is 0.586 e. The Labute approximate surface area is 156 Å². The highest BCUT2D eigenvalue weighted by molar-refractivity contribution is 7.98. The van der Waals surface area contributed by atoms with Crippen LogP contribution in [-0.2, 0) is 10.9 Å². The second-order valence-electron chi connectivity index (χ2n) is 6.48. The molecular weight excluding hydrogens is 365 g/mol. The van der Waals surface area contributed by atoms with E-state index in [1.807, 2.05) is 48.5 Å². The zero-order valence-electron chi connectivity index (χ0n) is 14.1. The molecule has 1 atom stereocenters. The van der Waals surface area contributed by atoms with Crippen LogP contribution >= 0.6 is 0 Å². The highest BCUT2D eigenvalue weighted by Gasteiger charge is 2.55. The van der Waals surface area contributed by atoms with Crippen LogP contribution in [0.15, 0.2) is 94.7 Å². The van der Waals surface area contributed by atoms with E-state index in [4.69, 9.17) is 0 Å². The third-order valence-corrected chi connectivity index (χ3v) is 6.92. The molecule has 0 heterocycles. The van der Waals surface area contributed by atoms with Gasteiger partial charge in [-0.1, -0.05) is 54.6 Å². The summed E-state index contributed by atoms with van der Waals surface area (Å²) in [6, 6.07) is 25.4. The Morgan fingerprint density at radius 1 is 0.556 bits per heavy atom. The third kappa shape index (κ3) is 2.55. The molecule has 0 aliphatic heterocycles. The quantitative estimate of drug-likeness (QED) is 0.226. The lowest BCUT2D eigenvalue weighted by atomic mass is 9.94. The van der Waals surface area contributed by atoms with Crippen LogP contribution in [0.2, 0.25) is 0 Å². The summed E-state index contributed by atoms with van der Waals surface area (Å²) in [5, 5.41) is 5.70. The first-order valence-corrected chi connectivity index (χ1v) is 9.79. The molecular formula is C23H14F3S+. The van der Waals surface area contributed by atoms with Crippen molar-refractivity contribution in [2.75, 3.05) is 0 Å². The van der Waals surface area contributed by atoms with Crippen LogP contribution in [-0.4, -0.2) is 5.51 Å². The fourth-order valence-corrected chi connectivity index (χ4v) is 5.62. The Kier molecular flexibility index (Phi) is 3.59. The summed E-state index contributed by atoms with van der Waals surface area (Å²) >= 11 is 0. The number of benzene rings is 5. The lowest BCUT2D eigenvalue weighted by molar-refractivity contribution is -0.0370. The second-order valence-corrected chi connectivity index (χ2v) is 8.47. The molecule has 0 saturated carbocycles. The van der Waals surface area contributed by atoms with Gasteiger partial charge in [0.1, 0.15) is 0 Å². The van der Waals surface area contributed by atoms with E-state index in [9.17, 15) is 13.2 Å². The van der Waals surface area contributed by atoms with E-state index in [1.165, 1.54) is 0 Å². The zero-order valence-corrected chi connectivity index (χ0v) is 14.9. The summed E-state index contributed by atoms with van der Waals surface area (Å²) in [5.41, 5.74) is -4.34. The van der Waals surface area contributed by atoms with Crippen molar-refractivity contribution >= 4 is 43.2 Å². The van der Waals surface area contributed by atoms with E-state index in [1.54, 1.807) is 36.4 Å². The van der Waals surface area contributed by atoms with Crippen molar-refractivity contribution < 1.29 is 13.2 Å². The molecule has 5 aromatic carbocycles. The molecule has 0 bridgehead atoms. The number of hydrogen-bond acceptors (Lipinski definition) is 0. The lowest BCUT2D eigenvalue weighted by Crippen LogP contribution is -2.24. The van der Waals surface area contributed by atoms with Crippen molar-refractivity contribution in [1.29, 1.82) is 0 Å². The van der Waals surface area contributed by atoms with Gasteiger partial charge in [0.15, 0.2) is 20.7 Å². The average molecular weight is 379 g/mol. The number of hydrogen-bond donors (Lipinski definition) is 0. The summed E-state index contributed by atoms with van der Waals surface area (Å²) in [5.74, 6) is 0. The summed E-state index contributed by atoms with van der Waals surface area (Å²) in [4.78, 5) is 0.625. The zero-order chi connectivity index (χ0) is 18.6. The molecule has 1 unspecified atom stereocenters. The minimum atomic E-state index is -4.34. The van der Waals surface area contributed by atoms with Crippen LogP contribution in [0.1, 0.15) is 0 Å². The van der Waals surface area contributed by atoms with Gasteiger partial charge in [0, 0.05) is 10.8 Å². The fraction of sp³-hybridized carbons (Fsp3) is 0.0435. The Balaban J connectivity index is 1.90. The van der Waals surface area contributed by atoms with Crippen LogP contribution in [0.3, 0.4) is 0 Å². The molecule has 0 fully saturated rings. The molecule has 5 rings (SSSR count). The van der Waals surface area contributed by atoms with E-state index in [0.29, 0.717) is 15.2 Å². The molecule has 0 radical (unpaired) electrons. The predicted octanol–water partition coefficient (Wildman–Crippen LogP) is 7.14. The van der Waals surface area contributed by atoms with Gasteiger partial charge in [-0.05, 0) is 51.9 Å². The minimum absolute atomic E-state index is 0.292. The maximum atomic E-state index is 14.1. The topological polar surface area (TPSA) is 0 Å². The van der Waals surface area contributed by atoms with E-state index >= 15 is 0 Å². The molecule has 0 saturated heterocycles. The molecule has 4 heteroatoms. The van der Waals surface area contributed by atoms with Crippen LogP contribution < -0.4 is 0 Å². The van der Waals surface area contributed by atoms with Gasteiger partial charge in [0.25, 0.3) is 0 Å². The molecule has 132 valence electrons. The Hall–Kier alpha value is -2.72. The molecule has 0 nitrogen and oxygen atoms in total. The molecule has 0 amide bonds. The number of rotatable bonds is 2. The predicted molar refractivity (Wildman–Crippen MR) is 107 cm³/mol. The standard InChI is InChI=1S/C23H14F3S/c24-23(25,26)27(18-7-2-1-3-8-18)20-14-12-17-10-9-15-5-4-6-16-11-13-19(20)22(17)21(15)16/h1-14H/q+1. The molecule has 27 heavy (non-hydrogen) atoms. The number of alkyl halides is 3. The van der Waals surface area contributed by atoms with Crippen molar-refractivity contribution in [1.82, 2.24) is 0 Å². The van der Waals surface area contributed by atoms with Crippen molar-refractivity contribution in [3.8, 4) is 0 Å². The van der Waals surface area contributed by atoms with Crippen molar-refractivity contribution in [3.63, 3.8) is 0 Å². The van der Waals surface area contributed by atoms with Gasteiger partial charge < -0.3 is 0 Å². The summed E-state index contributed by atoms with van der Waals surface area (Å²) in [6.07, 6.45) is 0. The first kappa shape index (κ1) is 16.5. The van der Waals surface area contributed by atoms with Gasteiger partial charge in [-0.25, -0.2) is 0 Å². The fourth-order valence-electron chi connectivity index (χ4n) is 3.83. The Morgan fingerprint density at radius 2 is 1.15 bits per heavy atom. The molecule has 5 aromatic rings. The van der Waals surface area contributed by atoms with Gasteiger partial charge in [-0.15, -0.1) is 13.2 Å². The third-order valence-electron chi connectivity index (χ3n) is 4.92. The summed E-state index contributed by atoms with van der Waals surface area (Å²) in [7, 11) is -2.00. The second kappa shape index (κ2) is 5.89. The highest BCUT2D eigenvalue weighted by Crippen LogP contribution is 2.44. The van der Waals surface area contributed by atoms with E-state index in [0.717, 1.165) is 26.9 Å². The number of halogens is 3. The molecule has 0 N–H and O–H groups in total. The van der Waals surface area contributed by atoms with Gasteiger partial charge in [0.2, 0.25) is 0 Å². The van der Waals surface area contributed by atoms with E-state index in [-0.39, 0.29) is 0 Å². The van der Waals surface area contributed by atoms with Gasteiger partial charge >= 0.3 is 5.51 Å². The van der Waals surface area contributed by atoms with Gasteiger partial charge in [-0.3, -0.25) is 0 Å². The van der Waals surface area contributed by atoms with Crippen molar-refractivity contribution in [2.45, 2.75) is 15.3 Å². The molecule has 0 spiro atoms. The first-order valence-electron chi connectivity index (χ1n) is 8.57. The minimum Gasteiger partial charge on any atom is -0.122 e. The van der Waals surface area contributed by atoms with Gasteiger partial charge in [0.05, 0.1) is 0 Å².